The molecule has 0 aromatic carbocycles. The third-order valence-corrected chi connectivity index (χ3v) is 5.02. The molecule has 0 aromatic rings. The van der Waals surface area contributed by atoms with Gasteiger partial charge in [-0.3, -0.25) is 4.99 Å². The van der Waals surface area contributed by atoms with Crippen LogP contribution in [0.25, 0.3) is 0 Å². The van der Waals surface area contributed by atoms with E-state index in [2.05, 4.69) is 30.7 Å². The number of hydrogen-bond acceptors (Lipinski definition) is 4. The lowest BCUT2D eigenvalue weighted by atomic mass is 9.64. The van der Waals surface area contributed by atoms with Crippen molar-refractivity contribution in [1.82, 2.24) is 4.90 Å². The molecule has 0 radical (unpaired) electrons. The number of hydrogen-bond donors (Lipinski definition) is 1. The van der Waals surface area contributed by atoms with Gasteiger partial charge in [-0.1, -0.05) is 27.2 Å². The van der Waals surface area contributed by atoms with Gasteiger partial charge in [0, 0.05) is 13.7 Å². The summed E-state index contributed by atoms with van der Waals surface area (Å²) in [5.41, 5.74) is 6.30. The molecule has 1 heterocycles. The quantitative estimate of drug-likeness (QED) is 0.848. The van der Waals surface area contributed by atoms with Gasteiger partial charge in [0.05, 0.1) is 18.7 Å². The maximum absolute atomic E-state index is 6.15. The van der Waals surface area contributed by atoms with E-state index in [1.807, 2.05) is 0 Å². The molecule has 2 aliphatic rings. The Morgan fingerprint density at radius 1 is 1.47 bits per heavy atom. The maximum Gasteiger partial charge on any atom is 0.191 e. The number of methoxy groups -OCH3 is 1. The van der Waals surface area contributed by atoms with Crippen molar-refractivity contribution < 1.29 is 4.74 Å². The van der Waals surface area contributed by atoms with Crippen molar-refractivity contribution in [2.45, 2.75) is 45.6 Å². The highest BCUT2D eigenvalue weighted by molar-refractivity contribution is 5.81. The zero-order valence-corrected chi connectivity index (χ0v) is 12.9. The van der Waals surface area contributed by atoms with E-state index in [9.17, 15) is 0 Å². The van der Waals surface area contributed by atoms with Gasteiger partial charge in [-0.05, 0) is 30.6 Å². The second kappa shape index (κ2) is 5.70. The molecule has 3 atom stereocenters. The Morgan fingerprint density at radius 3 is 2.84 bits per heavy atom. The fraction of sp³-hybridized carbons (Fsp3) is 0.933. The molecule has 1 saturated carbocycles. The highest BCUT2D eigenvalue weighted by atomic mass is 16.5. The average molecular weight is 267 g/mol. The van der Waals surface area contributed by atoms with E-state index in [4.69, 9.17) is 10.5 Å². The minimum Gasteiger partial charge on any atom is -0.383 e. The van der Waals surface area contributed by atoms with E-state index in [1.54, 1.807) is 7.11 Å². The summed E-state index contributed by atoms with van der Waals surface area (Å²) in [6.07, 6.45) is 3.84. The fourth-order valence-electron chi connectivity index (χ4n) is 4.17. The van der Waals surface area contributed by atoms with Crippen molar-refractivity contribution in [3.63, 3.8) is 0 Å². The molecule has 1 fully saturated rings. The number of ether oxygens (including phenoxy) is 1. The standard InChI is InChI=1S/C15H29N3O/c1-11(2)13-6-5-12(3)9-15(13)10-17-14(16)18(15)7-8-19-4/h11-13H,5-10H2,1-4H3,(H2,16,17). The summed E-state index contributed by atoms with van der Waals surface area (Å²) in [5.74, 6) is 2.85. The first-order valence-electron chi connectivity index (χ1n) is 7.57. The van der Waals surface area contributed by atoms with Crippen molar-refractivity contribution >= 4 is 5.96 Å². The van der Waals surface area contributed by atoms with Crippen LogP contribution in [0.1, 0.15) is 40.0 Å². The molecule has 0 aromatic heterocycles. The average Bonchev–Trinajstić information content (AvgIpc) is 2.64. The Kier molecular flexibility index (Phi) is 4.39. The van der Waals surface area contributed by atoms with E-state index >= 15 is 0 Å². The third-order valence-electron chi connectivity index (χ3n) is 5.02. The number of nitrogens with two attached hydrogens (primary N) is 1. The molecule has 0 amide bonds. The monoisotopic (exact) mass is 267 g/mol. The molecule has 4 nitrogen and oxygen atoms in total. The van der Waals surface area contributed by atoms with Crippen LogP contribution >= 0.6 is 0 Å². The molecule has 2 rings (SSSR count). The predicted octanol–water partition coefficient (Wildman–Crippen LogP) is 2.09. The van der Waals surface area contributed by atoms with Gasteiger partial charge in [0.25, 0.3) is 0 Å². The Labute approximate surface area is 117 Å². The van der Waals surface area contributed by atoms with Crippen LogP contribution in [-0.4, -0.2) is 43.2 Å². The van der Waals surface area contributed by atoms with Crippen LogP contribution in [0.3, 0.4) is 0 Å². The van der Waals surface area contributed by atoms with Crippen LogP contribution in [0.5, 0.6) is 0 Å². The Balaban J connectivity index is 2.25. The van der Waals surface area contributed by atoms with Crippen LogP contribution < -0.4 is 5.73 Å². The second-order valence-corrected chi connectivity index (χ2v) is 6.66. The molecule has 1 aliphatic heterocycles. The summed E-state index contributed by atoms with van der Waals surface area (Å²) in [5, 5.41) is 0. The molecule has 3 unspecified atom stereocenters. The van der Waals surface area contributed by atoms with Gasteiger partial charge in [-0.2, -0.15) is 0 Å². The number of rotatable bonds is 4. The largest absolute Gasteiger partial charge is 0.383 e. The van der Waals surface area contributed by atoms with Crippen LogP contribution in [0.15, 0.2) is 4.99 Å². The highest BCUT2D eigenvalue weighted by Crippen LogP contribution is 2.46. The molecule has 1 aliphatic carbocycles. The van der Waals surface area contributed by atoms with Gasteiger partial charge < -0.3 is 15.4 Å². The van der Waals surface area contributed by atoms with Crippen LogP contribution in [-0.2, 0) is 4.74 Å². The van der Waals surface area contributed by atoms with Gasteiger partial charge in [-0.25, -0.2) is 0 Å². The van der Waals surface area contributed by atoms with E-state index in [0.717, 1.165) is 31.6 Å². The Morgan fingerprint density at radius 2 is 2.21 bits per heavy atom. The smallest absolute Gasteiger partial charge is 0.191 e. The topological polar surface area (TPSA) is 50.9 Å². The summed E-state index contributed by atoms with van der Waals surface area (Å²) >= 11 is 0. The third kappa shape index (κ3) is 2.60. The normalized spacial score (nSPS) is 35.2. The van der Waals surface area contributed by atoms with Gasteiger partial charge in [0.2, 0.25) is 0 Å². The van der Waals surface area contributed by atoms with E-state index in [1.165, 1.54) is 19.3 Å². The summed E-state index contributed by atoms with van der Waals surface area (Å²) in [4.78, 5) is 6.92. The maximum atomic E-state index is 6.15. The molecular weight excluding hydrogens is 238 g/mol. The minimum atomic E-state index is 0.147. The molecular formula is C15H29N3O. The van der Waals surface area contributed by atoms with Crippen molar-refractivity contribution in [2.24, 2.45) is 28.5 Å². The lowest BCUT2D eigenvalue weighted by molar-refractivity contribution is 0.0129. The first kappa shape index (κ1) is 14.6. The molecule has 1 spiro atoms. The van der Waals surface area contributed by atoms with Gasteiger partial charge in [-0.15, -0.1) is 0 Å². The van der Waals surface area contributed by atoms with Crippen LogP contribution in [0.2, 0.25) is 0 Å². The summed E-state index contributed by atoms with van der Waals surface area (Å²) in [6, 6.07) is 0. The van der Waals surface area contributed by atoms with Crippen molar-refractivity contribution in [2.75, 3.05) is 26.8 Å². The van der Waals surface area contributed by atoms with Gasteiger partial charge >= 0.3 is 0 Å². The molecule has 4 heteroatoms. The fourth-order valence-corrected chi connectivity index (χ4v) is 4.17. The first-order valence-corrected chi connectivity index (χ1v) is 7.57. The van der Waals surface area contributed by atoms with Crippen molar-refractivity contribution in [3.8, 4) is 0 Å². The first-order chi connectivity index (χ1) is 9.01. The SMILES string of the molecule is COCCN1C(N)=NCC12CC(C)CCC2C(C)C. The number of nitrogens with zero attached hydrogens (tertiary/aromatic N) is 2. The summed E-state index contributed by atoms with van der Waals surface area (Å²) in [6.45, 7) is 9.49. The molecule has 0 bridgehead atoms. The predicted molar refractivity (Wildman–Crippen MR) is 79.1 cm³/mol. The lowest BCUT2D eigenvalue weighted by Crippen LogP contribution is -2.60. The molecule has 110 valence electrons. The zero-order chi connectivity index (χ0) is 14.0. The molecule has 2 N–H and O–H groups in total. The minimum absolute atomic E-state index is 0.147. The van der Waals surface area contributed by atoms with Crippen molar-refractivity contribution in [1.29, 1.82) is 0 Å². The molecule has 0 saturated heterocycles. The Bertz CT molecular complexity index is 342. The highest BCUT2D eigenvalue weighted by Gasteiger charge is 2.51. The van der Waals surface area contributed by atoms with Crippen LogP contribution in [0.4, 0.5) is 0 Å². The van der Waals surface area contributed by atoms with E-state index in [-0.39, 0.29) is 5.54 Å². The summed E-state index contributed by atoms with van der Waals surface area (Å²) < 4.78 is 5.26. The number of guanidine groups is 1. The van der Waals surface area contributed by atoms with Crippen molar-refractivity contribution in [3.05, 3.63) is 0 Å². The lowest BCUT2D eigenvalue weighted by Gasteiger charge is -2.51. The zero-order valence-electron chi connectivity index (χ0n) is 12.9. The van der Waals surface area contributed by atoms with E-state index in [0.29, 0.717) is 11.8 Å². The summed E-state index contributed by atoms with van der Waals surface area (Å²) in [7, 11) is 1.75. The second-order valence-electron chi connectivity index (χ2n) is 6.66. The number of aliphatic imine (C=N–C) groups is 1. The van der Waals surface area contributed by atoms with E-state index < -0.39 is 0 Å². The van der Waals surface area contributed by atoms with Gasteiger partial charge in [0.15, 0.2) is 5.96 Å². The Hall–Kier alpha value is -0.770. The molecule has 19 heavy (non-hydrogen) atoms. The van der Waals surface area contributed by atoms with Crippen LogP contribution in [0, 0.1) is 17.8 Å². The van der Waals surface area contributed by atoms with Gasteiger partial charge in [0.1, 0.15) is 0 Å².